The third kappa shape index (κ3) is 5.50. The summed E-state index contributed by atoms with van der Waals surface area (Å²) in [6, 6.07) is 8.39. The molecule has 1 N–H and O–H groups in total. The van der Waals surface area contributed by atoms with Crippen LogP contribution >= 0.6 is 11.8 Å². The molecule has 2 rings (SSSR count). The maximum atomic E-state index is 13.0. The van der Waals surface area contributed by atoms with Crippen molar-refractivity contribution in [3.8, 4) is 0 Å². The van der Waals surface area contributed by atoms with Crippen LogP contribution in [-0.2, 0) is 27.2 Å². The van der Waals surface area contributed by atoms with Crippen LogP contribution in [0, 0.1) is 5.41 Å². The maximum absolute atomic E-state index is 13.0. The van der Waals surface area contributed by atoms with Crippen LogP contribution in [0.3, 0.4) is 0 Å². The van der Waals surface area contributed by atoms with Gasteiger partial charge >= 0.3 is 5.97 Å². The zero-order chi connectivity index (χ0) is 18.5. The molecule has 0 radical (unpaired) electrons. The Morgan fingerprint density at radius 1 is 1.24 bits per heavy atom. The number of benzene rings is 1. The lowest BCUT2D eigenvalue weighted by atomic mass is 9.72. The van der Waals surface area contributed by atoms with E-state index in [0.717, 1.165) is 25.0 Å². The van der Waals surface area contributed by atoms with Crippen molar-refractivity contribution < 1.29 is 14.3 Å². The predicted molar refractivity (Wildman–Crippen MR) is 103 cm³/mol. The number of ether oxygens (including phenoxy) is 1. The van der Waals surface area contributed by atoms with Crippen LogP contribution in [0.4, 0.5) is 0 Å². The van der Waals surface area contributed by atoms with Gasteiger partial charge in [0, 0.05) is 17.0 Å². The highest BCUT2D eigenvalue weighted by molar-refractivity contribution is 8.00. The summed E-state index contributed by atoms with van der Waals surface area (Å²) in [6.45, 7) is 6.86. The molecular weight excluding hydrogens is 334 g/mol. The summed E-state index contributed by atoms with van der Waals surface area (Å²) in [4.78, 5) is 24.3. The minimum absolute atomic E-state index is 0.0580. The molecule has 0 aliphatic heterocycles. The van der Waals surface area contributed by atoms with Gasteiger partial charge < -0.3 is 10.1 Å². The van der Waals surface area contributed by atoms with Crippen LogP contribution in [0.2, 0.25) is 0 Å². The summed E-state index contributed by atoms with van der Waals surface area (Å²) in [5.74, 6) is 0.546. The smallest absolute Gasteiger partial charge is 0.307 e. The van der Waals surface area contributed by atoms with E-state index in [1.54, 1.807) is 0 Å². The molecule has 0 fully saturated rings. The van der Waals surface area contributed by atoms with Crippen LogP contribution in [0.1, 0.15) is 44.7 Å². The quantitative estimate of drug-likeness (QED) is 0.787. The first-order valence-corrected chi connectivity index (χ1v) is 9.80. The van der Waals surface area contributed by atoms with E-state index >= 15 is 0 Å². The topological polar surface area (TPSA) is 55.4 Å². The number of nitrogens with one attached hydrogen (secondary N) is 1. The molecule has 1 atom stereocenters. The lowest BCUT2D eigenvalue weighted by molar-refractivity contribution is -0.140. The first-order valence-electron chi connectivity index (χ1n) is 8.82. The van der Waals surface area contributed by atoms with Gasteiger partial charge in [-0.05, 0) is 30.4 Å². The highest BCUT2D eigenvalue weighted by atomic mass is 32.2. The number of hydrogen-bond donors (Lipinski definition) is 1. The van der Waals surface area contributed by atoms with Gasteiger partial charge in [0.05, 0.1) is 18.9 Å². The summed E-state index contributed by atoms with van der Waals surface area (Å²) in [7, 11) is 1.36. The number of rotatable bonds is 6. The van der Waals surface area contributed by atoms with Crippen molar-refractivity contribution >= 4 is 23.6 Å². The second-order valence-corrected chi connectivity index (χ2v) is 9.51. The van der Waals surface area contributed by atoms with Gasteiger partial charge in [0.2, 0.25) is 5.91 Å². The van der Waals surface area contributed by atoms with Gasteiger partial charge in [-0.25, -0.2) is 0 Å². The second-order valence-electron chi connectivity index (χ2n) is 7.71. The number of hydrogen-bond acceptors (Lipinski definition) is 4. The van der Waals surface area contributed by atoms with Gasteiger partial charge in [-0.15, -0.1) is 0 Å². The third-order valence-electron chi connectivity index (χ3n) is 4.63. The van der Waals surface area contributed by atoms with E-state index in [1.165, 1.54) is 18.2 Å². The summed E-state index contributed by atoms with van der Waals surface area (Å²) < 4.78 is 4.75. The van der Waals surface area contributed by atoms with Crippen LogP contribution < -0.4 is 5.32 Å². The maximum Gasteiger partial charge on any atom is 0.307 e. The number of carbonyl (C=O) groups excluding carboxylic acids is 2. The lowest BCUT2D eigenvalue weighted by Gasteiger charge is -2.38. The Morgan fingerprint density at radius 3 is 2.56 bits per heavy atom. The van der Waals surface area contributed by atoms with Crippen molar-refractivity contribution in [2.24, 2.45) is 5.41 Å². The molecule has 0 bridgehead atoms. The van der Waals surface area contributed by atoms with Crippen molar-refractivity contribution in [1.82, 2.24) is 5.32 Å². The Bertz CT molecular complexity index is 624. The number of thioether (sulfide) groups is 1. The molecule has 0 heterocycles. The van der Waals surface area contributed by atoms with Gasteiger partial charge in [0.15, 0.2) is 0 Å². The Balaban J connectivity index is 2.13. The number of carbonyl (C=O) groups is 2. The monoisotopic (exact) mass is 363 g/mol. The molecule has 1 aliphatic rings. The molecule has 1 aromatic rings. The van der Waals surface area contributed by atoms with Crippen molar-refractivity contribution in [2.75, 3.05) is 19.4 Å². The Labute approximate surface area is 155 Å². The molecule has 5 heteroatoms. The van der Waals surface area contributed by atoms with Gasteiger partial charge in [-0.3, -0.25) is 9.59 Å². The second kappa shape index (κ2) is 8.26. The molecule has 25 heavy (non-hydrogen) atoms. The molecule has 1 unspecified atom stereocenters. The fourth-order valence-corrected chi connectivity index (χ4v) is 4.19. The zero-order valence-corrected chi connectivity index (χ0v) is 16.5. The molecule has 1 amide bonds. The fourth-order valence-electron chi connectivity index (χ4n) is 3.11. The SMILES string of the molecule is COC(=O)CCNC(=O)C1(CSC(C)(C)C)CCc2ccccc2C1. The molecule has 0 saturated carbocycles. The van der Waals surface area contributed by atoms with Gasteiger partial charge in [0.25, 0.3) is 0 Å². The van der Waals surface area contributed by atoms with Crippen molar-refractivity contribution in [3.05, 3.63) is 35.4 Å². The van der Waals surface area contributed by atoms with Gasteiger partial charge in [0.1, 0.15) is 0 Å². The van der Waals surface area contributed by atoms with E-state index in [0.29, 0.717) is 6.54 Å². The van der Waals surface area contributed by atoms with Gasteiger partial charge in [-0.2, -0.15) is 11.8 Å². The summed E-state index contributed by atoms with van der Waals surface area (Å²) >= 11 is 1.83. The molecule has 0 saturated heterocycles. The molecular formula is C20H29NO3S. The van der Waals surface area contributed by atoms with Crippen LogP contribution in [-0.4, -0.2) is 36.0 Å². The fraction of sp³-hybridized carbons (Fsp3) is 0.600. The number of amides is 1. The van der Waals surface area contributed by atoms with E-state index in [4.69, 9.17) is 0 Å². The van der Waals surface area contributed by atoms with Crippen LogP contribution in [0.25, 0.3) is 0 Å². The van der Waals surface area contributed by atoms with Crippen LogP contribution in [0.15, 0.2) is 24.3 Å². The minimum Gasteiger partial charge on any atom is -0.469 e. The van der Waals surface area contributed by atoms with Crippen LogP contribution in [0.5, 0.6) is 0 Å². The first-order chi connectivity index (χ1) is 11.8. The largest absolute Gasteiger partial charge is 0.469 e. The van der Waals surface area contributed by atoms with Crippen molar-refractivity contribution in [1.29, 1.82) is 0 Å². The van der Waals surface area contributed by atoms with E-state index in [9.17, 15) is 9.59 Å². The zero-order valence-electron chi connectivity index (χ0n) is 15.7. The Kier molecular flexibility index (Phi) is 6.55. The molecule has 1 aromatic carbocycles. The lowest BCUT2D eigenvalue weighted by Crippen LogP contribution is -2.47. The van der Waals surface area contributed by atoms with E-state index in [-0.39, 0.29) is 23.0 Å². The molecule has 0 aromatic heterocycles. The molecule has 138 valence electrons. The summed E-state index contributed by atoms with van der Waals surface area (Å²) in [6.07, 6.45) is 2.74. The summed E-state index contributed by atoms with van der Waals surface area (Å²) in [5, 5.41) is 2.97. The van der Waals surface area contributed by atoms with Crippen molar-refractivity contribution in [3.63, 3.8) is 0 Å². The highest BCUT2D eigenvalue weighted by Gasteiger charge is 2.41. The standard InChI is InChI=1S/C20H29NO3S/c1-19(2,3)25-14-20(18(23)21-12-10-17(22)24-4)11-9-15-7-5-6-8-16(15)13-20/h5-8H,9-14H2,1-4H3,(H,21,23). The molecule has 4 nitrogen and oxygen atoms in total. The number of esters is 1. The number of fused-ring (bicyclic) bond motifs is 1. The normalized spacial score (nSPS) is 19.8. The molecule has 1 aliphatic carbocycles. The van der Waals surface area contributed by atoms with Gasteiger partial charge in [-0.1, -0.05) is 45.0 Å². The molecule has 0 spiro atoms. The Morgan fingerprint density at radius 2 is 1.92 bits per heavy atom. The average Bonchev–Trinajstić information content (AvgIpc) is 2.58. The van der Waals surface area contributed by atoms with E-state index < -0.39 is 5.41 Å². The van der Waals surface area contributed by atoms with Crippen molar-refractivity contribution in [2.45, 2.75) is 51.2 Å². The number of methoxy groups -OCH3 is 1. The van der Waals surface area contributed by atoms with E-state index in [1.807, 2.05) is 17.8 Å². The highest BCUT2D eigenvalue weighted by Crippen LogP contribution is 2.41. The Hall–Kier alpha value is -1.49. The van der Waals surface area contributed by atoms with E-state index in [2.05, 4.69) is 49.0 Å². The summed E-state index contributed by atoms with van der Waals surface area (Å²) in [5.41, 5.74) is 2.20. The third-order valence-corrected chi connectivity index (χ3v) is 6.19. The predicted octanol–water partition coefficient (Wildman–Crippen LogP) is 3.37. The minimum atomic E-state index is -0.414. The first kappa shape index (κ1) is 19.8. The number of aryl methyl sites for hydroxylation is 1. The average molecular weight is 364 g/mol.